The van der Waals surface area contributed by atoms with E-state index >= 15 is 0 Å². The summed E-state index contributed by atoms with van der Waals surface area (Å²) in [7, 11) is 0. The van der Waals surface area contributed by atoms with Crippen LogP contribution in [0.4, 0.5) is 13.2 Å². The van der Waals surface area contributed by atoms with Crippen molar-refractivity contribution in [2.75, 3.05) is 0 Å². The van der Waals surface area contributed by atoms with Crippen molar-refractivity contribution in [3.8, 4) is 0 Å². The fraction of sp³-hybridized carbons (Fsp3) is 0.571. The van der Waals surface area contributed by atoms with Crippen LogP contribution in [0.25, 0.3) is 0 Å². The minimum atomic E-state index is -4.32. The molecule has 0 aliphatic heterocycles. The summed E-state index contributed by atoms with van der Waals surface area (Å²) in [5.41, 5.74) is -1.15. The number of hydrogen-bond donors (Lipinski definition) is 1. The van der Waals surface area contributed by atoms with Crippen molar-refractivity contribution in [3.63, 3.8) is 0 Å². The molecule has 0 saturated heterocycles. The zero-order chi connectivity index (χ0) is 13.4. The molecule has 0 amide bonds. The number of alkyl halides is 3. The molecule has 1 aromatic carbocycles. The zero-order valence-corrected chi connectivity index (χ0v) is 10.3. The van der Waals surface area contributed by atoms with Crippen LogP contribution in [0.5, 0.6) is 0 Å². The topological polar surface area (TPSA) is 20.2 Å². The Labute approximate surface area is 105 Å². The van der Waals surface area contributed by atoms with Crippen LogP contribution in [-0.2, 0) is 11.8 Å². The monoisotopic (exact) mass is 258 g/mol. The molecule has 0 spiro atoms. The van der Waals surface area contributed by atoms with E-state index in [1.807, 2.05) is 0 Å². The highest BCUT2D eigenvalue weighted by Crippen LogP contribution is 2.38. The summed E-state index contributed by atoms with van der Waals surface area (Å²) in [5.74, 6) is 0.502. The van der Waals surface area contributed by atoms with Gasteiger partial charge in [0.2, 0.25) is 0 Å². The Morgan fingerprint density at radius 1 is 1.11 bits per heavy atom. The third-order valence-corrected chi connectivity index (χ3v) is 3.75. The van der Waals surface area contributed by atoms with Gasteiger partial charge in [-0.2, -0.15) is 13.2 Å². The highest BCUT2D eigenvalue weighted by atomic mass is 19.4. The average Bonchev–Trinajstić information content (AvgIpc) is 2.23. The molecule has 1 aliphatic carbocycles. The van der Waals surface area contributed by atoms with Crippen LogP contribution in [0, 0.1) is 5.92 Å². The molecule has 1 aromatic rings. The molecule has 0 radical (unpaired) electrons. The summed E-state index contributed by atoms with van der Waals surface area (Å²) in [6.45, 7) is 1.67. The van der Waals surface area contributed by atoms with E-state index in [2.05, 4.69) is 0 Å². The molecule has 4 heteroatoms. The van der Waals surface area contributed by atoms with Crippen molar-refractivity contribution in [2.45, 2.75) is 44.4 Å². The number of rotatable bonds is 3. The van der Waals surface area contributed by atoms with Gasteiger partial charge >= 0.3 is 6.18 Å². The first-order chi connectivity index (χ1) is 8.29. The van der Waals surface area contributed by atoms with E-state index in [9.17, 15) is 18.3 Å². The minimum absolute atomic E-state index is 0.502. The number of aliphatic hydroxyl groups is 1. The van der Waals surface area contributed by atoms with E-state index < -0.39 is 17.3 Å². The van der Waals surface area contributed by atoms with Gasteiger partial charge in [-0.15, -0.1) is 0 Å². The van der Waals surface area contributed by atoms with Crippen LogP contribution in [0.3, 0.4) is 0 Å². The van der Waals surface area contributed by atoms with Gasteiger partial charge in [0, 0.05) is 0 Å². The van der Waals surface area contributed by atoms with Gasteiger partial charge in [-0.25, -0.2) is 0 Å². The van der Waals surface area contributed by atoms with E-state index in [4.69, 9.17) is 0 Å². The van der Waals surface area contributed by atoms with E-state index in [1.165, 1.54) is 18.6 Å². The lowest BCUT2D eigenvalue weighted by Crippen LogP contribution is -2.28. The first-order valence-corrected chi connectivity index (χ1v) is 6.19. The van der Waals surface area contributed by atoms with Crippen molar-refractivity contribution < 1.29 is 18.3 Å². The van der Waals surface area contributed by atoms with Gasteiger partial charge in [0.15, 0.2) is 0 Å². The fourth-order valence-electron chi connectivity index (χ4n) is 2.40. The molecule has 0 heterocycles. The van der Waals surface area contributed by atoms with E-state index in [1.54, 1.807) is 6.92 Å². The Kier molecular flexibility index (Phi) is 3.41. The minimum Gasteiger partial charge on any atom is -0.385 e. The second-order valence-electron chi connectivity index (χ2n) is 5.35. The summed E-state index contributed by atoms with van der Waals surface area (Å²) < 4.78 is 37.3. The molecule has 1 fully saturated rings. The molecule has 1 unspecified atom stereocenters. The average molecular weight is 258 g/mol. The molecule has 1 atom stereocenters. The second-order valence-corrected chi connectivity index (χ2v) is 5.35. The molecule has 2 rings (SSSR count). The third-order valence-electron chi connectivity index (χ3n) is 3.75. The summed E-state index contributed by atoms with van der Waals surface area (Å²) in [4.78, 5) is 0. The summed E-state index contributed by atoms with van der Waals surface area (Å²) in [6, 6.07) is 4.82. The summed E-state index contributed by atoms with van der Waals surface area (Å²) in [5, 5.41) is 10.3. The standard InChI is InChI=1S/C14H17F3O/c1-13(18,9-10-3-2-4-10)11-5-7-12(8-6-11)14(15,16)17/h5-8,10,18H,2-4,9H2,1H3. The highest BCUT2D eigenvalue weighted by Gasteiger charge is 2.33. The smallest absolute Gasteiger partial charge is 0.385 e. The normalized spacial score (nSPS) is 20.3. The predicted molar refractivity (Wildman–Crippen MR) is 63.0 cm³/mol. The van der Waals surface area contributed by atoms with Crippen molar-refractivity contribution in [1.29, 1.82) is 0 Å². The molecule has 1 saturated carbocycles. The van der Waals surface area contributed by atoms with Gasteiger partial charge < -0.3 is 5.11 Å². The molecule has 100 valence electrons. The van der Waals surface area contributed by atoms with Crippen LogP contribution in [0.2, 0.25) is 0 Å². The van der Waals surface area contributed by atoms with Gasteiger partial charge in [0.05, 0.1) is 11.2 Å². The lowest BCUT2D eigenvalue weighted by atomic mass is 9.76. The lowest BCUT2D eigenvalue weighted by molar-refractivity contribution is -0.137. The van der Waals surface area contributed by atoms with Gasteiger partial charge in [-0.1, -0.05) is 31.4 Å². The van der Waals surface area contributed by atoms with Crippen molar-refractivity contribution in [2.24, 2.45) is 5.92 Å². The largest absolute Gasteiger partial charge is 0.416 e. The Balaban J connectivity index is 2.12. The molecule has 1 aliphatic rings. The first-order valence-electron chi connectivity index (χ1n) is 6.19. The second kappa shape index (κ2) is 4.57. The SMILES string of the molecule is CC(O)(CC1CCC1)c1ccc(C(F)(F)F)cc1. The number of hydrogen-bond acceptors (Lipinski definition) is 1. The van der Waals surface area contributed by atoms with Crippen LogP contribution in [-0.4, -0.2) is 5.11 Å². The Hall–Kier alpha value is -1.03. The van der Waals surface area contributed by atoms with Crippen LogP contribution < -0.4 is 0 Å². The molecule has 0 aromatic heterocycles. The zero-order valence-electron chi connectivity index (χ0n) is 10.3. The van der Waals surface area contributed by atoms with Crippen molar-refractivity contribution in [3.05, 3.63) is 35.4 Å². The van der Waals surface area contributed by atoms with Crippen molar-refractivity contribution in [1.82, 2.24) is 0 Å². The Bertz CT molecular complexity index is 402. The Morgan fingerprint density at radius 3 is 2.00 bits per heavy atom. The molecular formula is C14H17F3O. The van der Waals surface area contributed by atoms with E-state index in [0.717, 1.165) is 25.0 Å². The maximum absolute atomic E-state index is 12.4. The molecule has 18 heavy (non-hydrogen) atoms. The van der Waals surface area contributed by atoms with Crippen LogP contribution in [0.1, 0.15) is 43.7 Å². The highest BCUT2D eigenvalue weighted by molar-refractivity contribution is 5.28. The van der Waals surface area contributed by atoms with Crippen LogP contribution in [0.15, 0.2) is 24.3 Å². The quantitative estimate of drug-likeness (QED) is 0.865. The van der Waals surface area contributed by atoms with Crippen LogP contribution >= 0.6 is 0 Å². The number of halogens is 3. The number of benzene rings is 1. The van der Waals surface area contributed by atoms with Gasteiger partial charge in [-0.3, -0.25) is 0 Å². The van der Waals surface area contributed by atoms with E-state index in [0.29, 0.717) is 17.9 Å². The van der Waals surface area contributed by atoms with Gasteiger partial charge in [-0.05, 0) is 37.0 Å². The van der Waals surface area contributed by atoms with Crippen molar-refractivity contribution >= 4 is 0 Å². The predicted octanol–water partition coefficient (Wildman–Crippen LogP) is 4.10. The van der Waals surface area contributed by atoms with Gasteiger partial charge in [0.1, 0.15) is 0 Å². The molecule has 1 nitrogen and oxygen atoms in total. The summed E-state index contributed by atoms with van der Waals surface area (Å²) in [6.07, 6.45) is -0.294. The molecular weight excluding hydrogens is 241 g/mol. The first kappa shape index (κ1) is 13.4. The Morgan fingerprint density at radius 2 is 1.61 bits per heavy atom. The fourth-order valence-corrected chi connectivity index (χ4v) is 2.40. The lowest BCUT2D eigenvalue weighted by Gasteiger charge is -2.33. The third kappa shape index (κ3) is 2.86. The maximum Gasteiger partial charge on any atom is 0.416 e. The van der Waals surface area contributed by atoms with Gasteiger partial charge in [0.25, 0.3) is 0 Å². The molecule has 0 bridgehead atoms. The van der Waals surface area contributed by atoms with E-state index in [-0.39, 0.29) is 0 Å². The maximum atomic E-state index is 12.4. The summed E-state index contributed by atoms with van der Waals surface area (Å²) >= 11 is 0. The molecule has 1 N–H and O–H groups in total.